The van der Waals surface area contributed by atoms with Gasteiger partial charge in [0, 0.05) is 30.3 Å². The lowest BCUT2D eigenvalue weighted by Crippen LogP contribution is -2.43. The van der Waals surface area contributed by atoms with E-state index in [0.29, 0.717) is 9.13 Å². The molecule has 2 aromatic heterocycles. The summed E-state index contributed by atoms with van der Waals surface area (Å²) in [5.74, 6) is 0.748. The molecule has 244 valence electrons. The Morgan fingerprint density at radius 3 is 1.91 bits per heavy atom. The lowest BCUT2D eigenvalue weighted by atomic mass is 10.1. The summed E-state index contributed by atoms with van der Waals surface area (Å²) in [6.07, 6.45) is -16.2. The van der Waals surface area contributed by atoms with Crippen LogP contribution < -0.4 is 22.5 Å². The van der Waals surface area contributed by atoms with Gasteiger partial charge in [0.1, 0.15) is 24.4 Å². The maximum Gasteiger partial charge on any atom is 0.358 e. The molecule has 0 radical (unpaired) electrons. The van der Waals surface area contributed by atoms with Crippen molar-refractivity contribution in [3.8, 4) is 0 Å². The van der Waals surface area contributed by atoms with Crippen molar-refractivity contribution in [1.82, 2.24) is 19.1 Å². The van der Waals surface area contributed by atoms with Crippen molar-refractivity contribution in [3.05, 3.63) is 78.1 Å². The molecule has 7 unspecified atom stereocenters. The van der Waals surface area contributed by atoms with E-state index in [2.05, 4.69) is 14.7 Å². The number of rotatable bonds is 12. The standard InChI is InChI=1S/C21H27N4O18P/c1-2-7-44(36,42-18(30)12-10(28)11(29)16(37-12)24-5-3-8(26)22-20(24)31)43-19(41-35)15-13(39-33)14(40-34)17(38-15)25-6-4-9(27)23-21(25)32/h2-7,10-19,28-30,33-35H,1H3,(H,22,26,31)(H,23,27,32)/t10?,11?,12-,13?,14?,15-,16+,17+,18?,19?,44?/m1/s1. The summed E-state index contributed by atoms with van der Waals surface area (Å²) in [5, 5.41) is 60.1. The minimum absolute atomic E-state index is 0.697. The van der Waals surface area contributed by atoms with Crippen LogP contribution in [0.3, 0.4) is 0 Å². The Balaban J connectivity index is 1.56. The highest BCUT2D eigenvalue weighted by molar-refractivity contribution is 7.57. The maximum absolute atomic E-state index is 13.6. The zero-order valence-corrected chi connectivity index (χ0v) is 23.1. The Hall–Kier alpha value is -3.19. The van der Waals surface area contributed by atoms with Crippen LogP contribution in [0.1, 0.15) is 19.4 Å². The Kier molecular flexibility index (Phi) is 10.6. The second-order valence-corrected chi connectivity index (χ2v) is 11.0. The first-order valence-electron chi connectivity index (χ1n) is 12.4. The van der Waals surface area contributed by atoms with E-state index >= 15 is 0 Å². The van der Waals surface area contributed by atoms with E-state index in [9.17, 15) is 54.8 Å². The van der Waals surface area contributed by atoms with Crippen LogP contribution in [0.5, 0.6) is 0 Å². The molecule has 0 amide bonds. The summed E-state index contributed by atoms with van der Waals surface area (Å²) in [7, 11) is -4.82. The monoisotopic (exact) mass is 654 g/mol. The van der Waals surface area contributed by atoms with E-state index in [1.165, 1.54) is 6.92 Å². The molecule has 2 aliphatic heterocycles. The van der Waals surface area contributed by atoms with Crippen LogP contribution in [0.15, 0.2) is 55.6 Å². The van der Waals surface area contributed by atoms with E-state index in [-0.39, 0.29) is 0 Å². The number of allylic oxidation sites excluding steroid dienone is 1. The van der Waals surface area contributed by atoms with Crippen LogP contribution in [-0.4, -0.2) is 99.4 Å². The molecule has 0 aliphatic carbocycles. The third kappa shape index (κ3) is 6.73. The Labute approximate surface area is 242 Å². The topological polar surface area (TPSA) is 313 Å². The molecular weight excluding hydrogens is 627 g/mol. The highest BCUT2D eigenvalue weighted by atomic mass is 31.2. The first-order valence-corrected chi connectivity index (χ1v) is 14.0. The van der Waals surface area contributed by atoms with Crippen molar-refractivity contribution < 1.29 is 68.8 Å². The van der Waals surface area contributed by atoms with Crippen molar-refractivity contribution in [2.24, 2.45) is 0 Å². The highest BCUT2D eigenvalue weighted by Gasteiger charge is 2.55. The number of aliphatic hydroxyl groups excluding tert-OH is 3. The molecule has 22 nitrogen and oxygen atoms in total. The average molecular weight is 654 g/mol. The smallest absolute Gasteiger partial charge is 0.358 e. The van der Waals surface area contributed by atoms with Crippen LogP contribution in [0.2, 0.25) is 0 Å². The van der Waals surface area contributed by atoms with E-state index < -0.39 is 91.8 Å². The Bertz CT molecular complexity index is 1600. The predicted octanol–water partition coefficient (Wildman–Crippen LogP) is -2.79. The molecule has 23 heteroatoms. The van der Waals surface area contributed by atoms with Gasteiger partial charge < -0.3 is 24.8 Å². The molecular formula is C21H27N4O18P. The quantitative estimate of drug-likeness (QED) is 0.0496. The zero-order valence-electron chi connectivity index (χ0n) is 22.2. The molecule has 8 N–H and O–H groups in total. The first-order chi connectivity index (χ1) is 20.9. The second kappa shape index (κ2) is 13.8. The fraction of sp³-hybridized carbons (Fsp3) is 0.524. The molecule has 2 aliphatic rings. The van der Waals surface area contributed by atoms with Gasteiger partial charge in [-0.2, -0.15) is 0 Å². The molecule has 11 atom stereocenters. The fourth-order valence-electron chi connectivity index (χ4n) is 4.52. The molecule has 2 fully saturated rings. The minimum Gasteiger partial charge on any atom is -0.387 e. The van der Waals surface area contributed by atoms with Gasteiger partial charge in [-0.15, -0.1) is 0 Å². The van der Waals surface area contributed by atoms with E-state index in [1.54, 1.807) is 0 Å². The molecule has 0 spiro atoms. The molecule has 0 bridgehead atoms. The van der Waals surface area contributed by atoms with Crippen LogP contribution in [0.25, 0.3) is 0 Å². The third-order valence-electron chi connectivity index (χ3n) is 6.49. The van der Waals surface area contributed by atoms with E-state index in [1.807, 2.05) is 9.97 Å². The van der Waals surface area contributed by atoms with Gasteiger partial charge in [0.05, 0.1) is 0 Å². The van der Waals surface area contributed by atoms with Gasteiger partial charge >= 0.3 is 19.0 Å². The number of aromatic amines is 2. The number of hydrogen-bond donors (Lipinski definition) is 8. The molecule has 0 aromatic carbocycles. The molecule has 4 rings (SSSR count). The number of nitrogens with one attached hydrogen (secondary N) is 2. The number of ether oxygens (including phenoxy) is 2. The minimum atomic E-state index is -4.82. The van der Waals surface area contributed by atoms with Gasteiger partial charge in [0.2, 0.25) is 6.29 Å². The number of aliphatic hydroxyl groups is 3. The normalized spacial score (nSPS) is 31.7. The summed E-state index contributed by atoms with van der Waals surface area (Å²) in [6.45, 7) is 1.34. The largest absolute Gasteiger partial charge is 0.387 e. The van der Waals surface area contributed by atoms with Gasteiger partial charge in [0.25, 0.3) is 11.1 Å². The van der Waals surface area contributed by atoms with E-state index in [4.69, 9.17) is 18.5 Å². The summed E-state index contributed by atoms with van der Waals surface area (Å²) in [4.78, 5) is 63.8. The average Bonchev–Trinajstić information content (AvgIpc) is 3.48. The molecule has 2 saturated heterocycles. The lowest BCUT2D eigenvalue weighted by molar-refractivity contribution is -0.381. The summed E-state index contributed by atoms with van der Waals surface area (Å²) >= 11 is 0. The maximum atomic E-state index is 13.6. The highest BCUT2D eigenvalue weighted by Crippen LogP contribution is 2.54. The molecule has 2 aromatic rings. The van der Waals surface area contributed by atoms with Crippen molar-refractivity contribution in [1.29, 1.82) is 0 Å². The van der Waals surface area contributed by atoms with Gasteiger partial charge in [-0.25, -0.2) is 29.5 Å². The third-order valence-corrected chi connectivity index (χ3v) is 8.16. The van der Waals surface area contributed by atoms with Crippen LogP contribution in [0.4, 0.5) is 0 Å². The number of hydrogen-bond acceptors (Lipinski definition) is 18. The van der Waals surface area contributed by atoms with Gasteiger partial charge in [-0.05, 0) is 6.92 Å². The Morgan fingerprint density at radius 2 is 1.41 bits per heavy atom. The van der Waals surface area contributed by atoms with Crippen molar-refractivity contribution in [2.45, 2.75) is 68.6 Å². The predicted molar refractivity (Wildman–Crippen MR) is 136 cm³/mol. The van der Waals surface area contributed by atoms with Gasteiger partial charge in [-0.3, -0.25) is 52.8 Å². The second-order valence-electron chi connectivity index (χ2n) is 9.24. The van der Waals surface area contributed by atoms with Crippen molar-refractivity contribution in [3.63, 3.8) is 0 Å². The zero-order chi connectivity index (χ0) is 32.3. The summed E-state index contributed by atoms with van der Waals surface area (Å²) in [5.41, 5.74) is -3.64. The van der Waals surface area contributed by atoms with E-state index in [0.717, 1.165) is 36.4 Å². The Morgan fingerprint density at radius 1 is 0.864 bits per heavy atom. The van der Waals surface area contributed by atoms with Crippen LogP contribution in [0, 0.1) is 0 Å². The fourth-order valence-corrected chi connectivity index (χ4v) is 5.94. The summed E-state index contributed by atoms with van der Waals surface area (Å²) in [6, 6.07) is 1.83. The lowest BCUT2D eigenvalue weighted by Gasteiger charge is -2.29. The molecule has 44 heavy (non-hydrogen) atoms. The van der Waals surface area contributed by atoms with Crippen molar-refractivity contribution in [2.75, 3.05) is 0 Å². The first kappa shape index (κ1) is 33.7. The summed E-state index contributed by atoms with van der Waals surface area (Å²) < 4.78 is 36.2. The van der Waals surface area contributed by atoms with Gasteiger partial charge in [0.15, 0.2) is 31.0 Å². The van der Waals surface area contributed by atoms with Crippen molar-refractivity contribution >= 4 is 7.60 Å². The van der Waals surface area contributed by atoms with Gasteiger partial charge in [-0.1, -0.05) is 6.08 Å². The number of H-pyrrole nitrogens is 2. The van der Waals surface area contributed by atoms with Crippen LogP contribution in [-0.2, 0) is 37.7 Å². The molecule has 4 heterocycles. The number of aromatic nitrogens is 4. The van der Waals surface area contributed by atoms with Crippen LogP contribution >= 0.6 is 7.60 Å². The number of nitrogens with zero attached hydrogens (tertiary/aromatic N) is 2. The SMILES string of the molecule is CC=CP(=O)(OC(O)[C@@H]1O[C@H](n2ccc(=O)[nH]c2=O)C(O)C1O)OC(OO)[C@@H]1O[C@H](n2ccc(=O)[nH]c2=O)C(OO)C1OO. The molecule has 0 saturated carbocycles.